The number of aromatic carboxylic acids is 2. The maximum atomic E-state index is 12.0. The molecule has 0 atom stereocenters. The van der Waals surface area contributed by atoms with Crippen molar-refractivity contribution >= 4 is 46.9 Å². The predicted molar refractivity (Wildman–Crippen MR) is 92.2 cm³/mol. The van der Waals surface area contributed by atoms with E-state index < -0.39 is 46.0 Å². The lowest BCUT2D eigenvalue weighted by Gasteiger charge is -2.15. The number of hydrogen-bond donors (Lipinski definition) is 4. The molecule has 5 N–H and O–H groups in total. The van der Waals surface area contributed by atoms with Crippen LogP contribution in [0.5, 0.6) is 0 Å². The fourth-order valence-corrected chi connectivity index (χ4v) is 3.02. The minimum atomic E-state index is -1.71. The first-order chi connectivity index (χ1) is 12.1. The van der Waals surface area contributed by atoms with Gasteiger partial charge in [-0.1, -0.05) is 23.2 Å². The molecule has 0 unspecified atom stereocenters. The molecule has 0 fully saturated rings. The van der Waals surface area contributed by atoms with E-state index >= 15 is 0 Å². The molecule has 9 nitrogen and oxygen atoms in total. The third kappa shape index (κ3) is 3.22. The van der Waals surface area contributed by atoms with Gasteiger partial charge in [0.1, 0.15) is 16.9 Å². The SMILES string of the molecule is COC(=O)c1cc(Cl)c(-c2c(C(=O)O)c(N)[nH]c(=O)c2C(=O)O)c(Cl)c1. The van der Waals surface area contributed by atoms with Crippen molar-refractivity contribution in [1.29, 1.82) is 0 Å². The number of hydrogen-bond acceptors (Lipinski definition) is 6. The number of carboxylic acid groups (broad SMARTS) is 2. The van der Waals surface area contributed by atoms with E-state index in [2.05, 4.69) is 4.74 Å². The topological polar surface area (TPSA) is 160 Å². The van der Waals surface area contributed by atoms with Crippen molar-refractivity contribution in [3.8, 4) is 11.1 Å². The Morgan fingerprint density at radius 1 is 1.04 bits per heavy atom. The Hall–Kier alpha value is -3.04. The largest absolute Gasteiger partial charge is 0.478 e. The molecule has 0 aliphatic rings. The Kier molecular flexibility index (Phi) is 5.24. The molecule has 0 saturated heterocycles. The molecule has 0 aliphatic carbocycles. The second-order valence-corrected chi connectivity index (χ2v) is 5.72. The molecule has 1 aromatic heterocycles. The number of anilines is 1. The van der Waals surface area contributed by atoms with E-state index in [1.165, 1.54) is 0 Å². The van der Waals surface area contributed by atoms with Gasteiger partial charge in [0.2, 0.25) is 0 Å². The average molecular weight is 401 g/mol. The van der Waals surface area contributed by atoms with E-state index in [9.17, 15) is 29.4 Å². The molecular weight excluding hydrogens is 391 g/mol. The van der Waals surface area contributed by atoms with Crippen molar-refractivity contribution in [1.82, 2.24) is 4.98 Å². The zero-order chi connectivity index (χ0) is 19.8. The van der Waals surface area contributed by atoms with E-state index in [0.717, 1.165) is 19.2 Å². The summed E-state index contributed by atoms with van der Waals surface area (Å²) in [6.07, 6.45) is 0. The van der Waals surface area contributed by atoms with Crippen molar-refractivity contribution in [2.75, 3.05) is 12.8 Å². The van der Waals surface area contributed by atoms with Gasteiger partial charge in [0.25, 0.3) is 5.56 Å². The highest BCUT2D eigenvalue weighted by atomic mass is 35.5. The first kappa shape index (κ1) is 19.3. The quantitative estimate of drug-likeness (QED) is 0.567. The molecule has 26 heavy (non-hydrogen) atoms. The predicted octanol–water partition coefficient (Wildman–Crippen LogP) is 2.11. The van der Waals surface area contributed by atoms with Crippen LogP contribution in [0.4, 0.5) is 5.82 Å². The van der Waals surface area contributed by atoms with Crippen molar-refractivity contribution in [3.05, 3.63) is 49.2 Å². The average Bonchev–Trinajstić information content (AvgIpc) is 2.51. The van der Waals surface area contributed by atoms with Crippen molar-refractivity contribution < 1.29 is 29.3 Å². The van der Waals surface area contributed by atoms with Crippen LogP contribution >= 0.6 is 23.2 Å². The van der Waals surface area contributed by atoms with Gasteiger partial charge in [-0.05, 0) is 12.1 Å². The molecule has 1 heterocycles. The lowest BCUT2D eigenvalue weighted by atomic mass is 9.94. The molecule has 0 bridgehead atoms. The molecule has 1 aromatic carbocycles. The van der Waals surface area contributed by atoms with Crippen LogP contribution in [-0.2, 0) is 4.74 Å². The molecule has 2 aromatic rings. The Morgan fingerprint density at radius 3 is 1.96 bits per heavy atom. The normalized spacial score (nSPS) is 10.4. The zero-order valence-electron chi connectivity index (χ0n) is 12.9. The maximum Gasteiger partial charge on any atom is 0.342 e. The van der Waals surface area contributed by atoms with Gasteiger partial charge in [0.15, 0.2) is 0 Å². The van der Waals surface area contributed by atoms with E-state index in [1.54, 1.807) is 0 Å². The number of aromatic amines is 1. The van der Waals surface area contributed by atoms with Crippen LogP contribution in [0.1, 0.15) is 31.1 Å². The summed E-state index contributed by atoms with van der Waals surface area (Å²) >= 11 is 12.2. The Bertz CT molecular complexity index is 991. The lowest BCUT2D eigenvalue weighted by Crippen LogP contribution is -2.24. The van der Waals surface area contributed by atoms with E-state index in [0.29, 0.717) is 0 Å². The summed E-state index contributed by atoms with van der Waals surface area (Å²) in [5.41, 5.74) is 1.89. The number of carbonyl (C=O) groups is 3. The summed E-state index contributed by atoms with van der Waals surface area (Å²) in [6.45, 7) is 0. The van der Waals surface area contributed by atoms with E-state index in [-0.39, 0.29) is 21.2 Å². The fourth-order valence-electron chi connectivity index (χ4n) is 2.34. The number of nitrogen functional groups attached to an aromatic ring is 1. The monoisotopic (exact) mass is 400 g/mol. The first-order valence-corrected chi connectivity index (χ1v) is 7.45. The summed E-state index contributed by atoms with van der Waals surface area (Å²) in [6, 6.07) is 2.20. The number of ether oxygens (including phenoxy) is 1. The third-order valence-electron chi connectivity index (χ3n) is 3.39. The minimum absolute atomic E-state index is 0.0576. The summed E-state index contributed by atoms with van der Waals surface area (Å²) in [5.74, 6) is -4.68. The second-order valence-electron chi connectivity index (χ2n) is 4.91. The van der Waals surface area contributed by atoms with Gasteiger partial charge >= 0.3 is 17.9 Å². The summed E-state index contributed by atoms with van der Waals surface area (Å²) in [5, 5.41) is 18.2. The maximum absolute atomic E-state index is 12.0. The molecule has 11 heteroatoms. The zero-order valence-corrected chi connectivity index (χ0v) is 14.4. The standard InChI is InChI=1S/C15H10Cl2N2O7/c1-26-15(25)4-2-5(16)7(6(17)3-4)8-9(13(21)22)11(18)19-12(20)10(8)14(23)24/h2-3H,1H3,(H,21,22)(H,23,24)(H3,18,19,20). The Labute approximate surface area is 154 Å². The molecule has 2 rings (SSSR count). The van der Waals surface area contributed by atoms with Crippen LogP contribution < -0.4 is 11.3 Å². The number of carboxylic acids is 2. The molecule has 0 saturated carbocycles. The van der Waals surface area contributed by atoms with Gasteiger partial charge < -0.3 is 25.7 Å². The summed E-state index contributed by atoms with van der Waals surface area (Å²) < 4.78 is 4.53. The van der Waals surface area contributed by atoms with Gasteiger partial charge in [-0.2, -0.15) is 0 Å². The van der Waals surface area contributed by atoms with Crippen molar-refractivity contribution in [2.24, 2.45) is 0 Å². The minimum Gasteiger partial charge on any atom is -0.478 e. The summed E-state index contributed by atoms with van der Waals surface area (Å²) in [7, 11) is 1.13. The van der Waals surface area contributed by atoms with E-state index in [4.69, 9.17) is 28.9 Å². The lowest BCUT2D eigenvalue weighted by molar-refractivity contribution is 0.0598. The Morgan fingerprint density at radius 2 is 1.54 bits per heavy atom. The summed E-state index contributed by atoms with van der Waals surface area (Å²) in [4.78, 5) is 48.7. The molecule has 0 aliphatic heterocycles. The molecule has 0 radical (unpaired) electrons. The highest BCUT2D eigenvalue weighted by Gasteiger charge is 2.29. The van der Waals surface area contributed by atoms with Crippen molar-refractivity contribution in [3.63, 3.8) is 0 Å². The fraction of sp³-hybridized carbons (Fsp3) is 0.0667. The molecule has 0 amide bonds. The van der Waals surface area contributed by atoms with Gasteiger partial charge in [-0.25, -0.2) is 14.4 Å². The molecule has 136 valence electrons. The molecular formula is C15H10Cl2N2O7. The van der Waals surface area contributed by atoms with E-state index in [1.807, 2.05) is 4.98 Å². The van der Waals surface area contributed by atoms with Crippen LogP contribution in [0, 0.1) is 0 Å². The van der Waals surface area contributed by atoms with Crippen LogP contribution in [0.2, 0.25) is 10.0 Å². The number of nitrogens with two attached hydrogens (primary N) is 1. The molecule has 0 spiro atoms. The first-order valence-electron chi connectivity index (χ1n) is 6.70. The highest BCUT2D eigenvalue weighted by molar-refractivity contribution is 6.40. The van der Waals surface area contributed by atoms with Gasteiger partial charge in [0, 0.05) is 11.1 Å². The van der Waals surface area contributed by atoms with Gasteiger partial charge in [0.05, 0.1) is 22.7 Å². The third-order valence-corrected chi connectivity index (χ3v) is 3.98. The number of H-pyrrole nitrogens is 1. The van der Waals surface area contributed by atoms with Crippen LogP contribution in [0.25, 0.3) is 11.1 Å². The van der Waals surface area contributed by atoms with Gasteiger partial charge in [-0.15, -0.1) is 0 Å². The number of aromatic nitrogens is 1. The smallest absolute Gasteiger partial charge is 0.342 e. The number of carbonyl (C=O) groups excluding carboxylic acids is 1. The van der Waals surface area contributed by atoms with Crippen LogP contribution in [0.15, 0.2) is 16.9 Å². The van der Waals surface area contributed by atoms with Crippen LogP contribution in [0.3, 0.4) is 0 Å². The Balaban J connectivity index is 3.01. The number of methoxy groups -OCH3 is 1. The van der Waals surface area contributed by atoms with Crippen LogP contribution in [-0.4, -0.2) is 40.2 Å². The number of rotatable bonds is 4. The van der Waals surface area contributed by atoms with Crippen molar-refractivity contribution in [2.45, 2.75) is 0 Å². The van der Waals surface area contributed by atoms with Gasteiger partial charge in [-0.3, -0.25) is 4.79 Å². The number of esters is 1. The highest BCUT2D eigenvalue weighted by Crippen LogP contribution is 2.40. The number of nitrogens with one attached hydrogen (secondary N) is 1. The number of pyridine rings is 1. The second kappa shape index (κ2) is 7.06. The number of benzene rings is 1. The number of halogens is 2.